The summed E-state index contributed by atoms with van der Waals surface area (Å²) in [7, 11) is 0. The van der Waals surface area contributed by atoms with Crippen molar-refractivity contribution in [2.24, 2.45) is 11.8 Å². The van der Waals surface area contributed by atoms with Crippen molar-refractivity contribution >= 4 is 11.1 Å². The summed E-state index contributed by atoms with van der Waals surface area (Å²) >= 11 is 0. The van der Waals surface area contributed by atoms with Crippen molar-refractivity contribution in [3.8, 4) is 0 Å². The molecule has 2 aliphatic carbocycles. The molecule has 0 saturated heterocycles. The van der Waals surface area contributed by atoms with Gasteiger partial charge in [0.15, 0.2) is 0 Å². The second-order valence-corrected chi connectivity index (χ2v) is 7.30. The Balaban J connectivity index is 0.000000529. The van der Waals surface area contributed by atoms with Crippen LogP contribution in [-0.4, -0.2) is 0 Å². The van der Waals surface area contributed by atoms with Crippen LogP contribution in [0.1, 0.15) is 38.8 Å². The molecular weight excluding hydrogens is 512 g/mol. The van der Waals surface area contributed by atoms with E-state index in [1.807, 2.05) is 26.0 Å². The summed E-state index contributed by atoms with van der Waals surface area (Å²) in [6.45, 7) is 8.19. The molecule has 0 bridgehead atoms. The summed E-state index contributed by atoms with van der Waals surface area (Å²) in [5.41, 5.74) is 6.33. The Morgan fingerprint density at radius 1 is 0.677 bits per heavy atom. The third-order valence-corrected chi connectivity index (χ3v) is 4.80. The van der Waals surface area contributed by atoms with Crippen LogP contribution in [0, 0.1) is 35.6 Å². The molecule has 0 N–H and O–H groups in total. The summed E-state index contributed by atoms with van der Waals surface area (Å²) in [5, 5.41) is 0. The molecule has 0 heterocycles. The molecule has 2 aromatic rings. The Kier molecular flexibility index (Phi) is 12.8. The van der Waals surface area contributed by atoms with Crippen LogP contribution in [0.4, 0.5) is 8.78 Å². The first-order valence-electron chi connectivity index (χ1n) is 9.50. The van der Waals surface area contributed by atoms with Gasteiger partial charge in [-0.15, -0.1) is 0 Å². The molecule has 31 heavy (non-hydrogen) atoms. The van der Waals surface area contributed by atoms with Gasteiger partial charge in [0, 0.05) is 0 Å². The zero-order chi connectivity index (χ0) is 20.3. The predicted molar refractivity (Wildman–Crippen MR) is 112 cm³/mol. The fourth-order valence-electron chi connectivity index (χ4n) is 3.61. The fourth-order valence-corrected chi connectivity index (χ4v) is 3.61. The van der Waals surface area contributed by atoms with Gasteiger partial charge >= 0.3 is 26.2 Å². The van der Waals surface area contributed by atoms with E-state index >= 15 is 0 Å². The molecule has 160 valence electrons. The predicted octanol–water partition coefficient (Wildman–Crippen LogP) is 1.22. The van der Waals surface area contributed by atoms with Crippen molar-refractivity contribution in [3.05, 3.63) is 107 Å². The minimum atomic E-state index is -0.184. The smallest absolute Gasteiger partial charge is 1.00 e. The third-order valence-electron chi connectivity index (χ3n) is 4.80. The van der Waals surface area contributed by atoms with Gasteiger partial charge in [-0.1, -0.05) is 74.9 Å². The standard InChI is InChI=1S/2C13H12F.2ClH.Zr/c2*1-9-6-10(2)13(7-9)11-4-3-5-12(14)8-11;;;/h2*3-5,7-9H,1-2H3;2*1H;/q2*-1;;;+4/p-2. The quantitative estimate of drug-likeness (QED) is 0.507. The number of benzene rings is 2. The normalized spacial score (nSPS) is 18.6. The van der Waals surface area contributed by atoms with Crippen LogP contribution in [0.3, 0.4) is 0 Å². The van der Waals surface area contributed by atoms with E-state index in [-0.39, 0.29) is 62.7 Å². The van der Waals surface area contributed by atoms with Crippen LogP contribution in [0.5, 0.6) is 0 Å². The number of hydrogen-bond acceptors (Lipinski definition) is 0. The molecule has 0 nitrogen and oxygen atoms in total. The number of rotatable bonds is 2. The van der Waals surface area contributed by atoms with E-state index in [0.717, 1.165) is 33.4 Å². The van der Waals surface area contributed by atoms with Crippen LogP contribution in [-0.2, 0) is 26.2 Å². The molecule has 5 heteroatoms. The zero-order valence-corrected chi connectivity index (χ0v) is 21.9. The van der Waals surface area contributed by atoms with E-state index in [1.165, 1.54) is 12.1 Å². The molecule has 2 atom stereocenters. The van der Waals surface area contributed by atoms with Crippen molar-refractivity contribution in [1.29, 1.82) is 0 Å². The van der Waals surface area contributed by atoms with Crippen molar-refractivity contribution < 1.29 is 59.8 Å². The van der Waals surface area contributed by atoms with E-state index < -0.39 is 0 Å². The molecule has 0 aromatic heterocycles. The average Bonchev–Trinajstić information content (AvgIpc) is 3.16. The SMILES string of the molecule is CC1=[C-]C(C)C=C1c1cccc(F)c1.CC1=[C-]C(C)C=C1c1cccc(F)c1.[Cl-].[Cl-].[Zr+4]. The first-order valence-corrected chi connectivity index (χ1v) is 9.50. The third kappa shape index (κ3) is 7.97. The number of halogens is 4. The average molecular weight is 537 g/mol. The second kappa shape index (κ2) is 13.3. The van der Waals surface area contributed by atoms with E-state index in [2.05, 4.69) is 38.2 Å². The molecule has 0 aliphatic heterocycles. The molecule has 0 radical (unpaired) electrons. The molecule has 0 amide bonds. The summed E-state index contributed by atoms with van der Waals surface area (Å²) in [4.78, 5) is 0. The maximum absolute atomic E-state index is 13.0. The van der Waals surface area contributed by atoms with Gasteiger partial charge in [-0.25, -0.2) is 19.9 Å². The van der Waals surface area contributed by atoms with Crippen LogP contribution >= 0.6 is 0 Å². The number of allylic oxidation sites excluding steroid dienone is 8. The Labute approximate surface area is 216 Å². The minimum Gasteiger partial charge on any atom is -1.00 e. The summed E-state index contributed by atoms with van der Waals surface area (Å²) in [6.07, 6.45) is 10.8. The van der Waals surface area contributed by atoms with Gasteiger partial charge < -0.3 is 24.8 Å². The Morgan fingerprint density at radius 3 is 1.29 bits per heavy atom. The molecular formula is C26H24Cl2F2Zr. The van der Waals surface area contributed by atoms with Crippen LogP contribution in [0.25, 0.3) is 11.1 Å². The molecule has 0 spiro atoms. The van der Waals surface area contributed by atoms with Crippen LogP contribution in [0.15, 0.2) is 71.8 Å². The molecule has 0 fully saturated rings. The van der Waals surface area contributed by atoms with Crippen molar-refractivity contribution in [2.75, 3.05) is 0 Å². The van der Waals surface area contributed by atoms with Crippen molar-refractivity contribution in [3.63, 3.8) is 0 Å². The maximum Gasteiger partial charge on any atom is 4.00 e. The first kappa shape index (κ1) is 29.7. The van der Waals surface area contributed by atoms with Crippen molar-refractivity contribution in [1.82, 2.24) is 0 Å². The minimum absolute atomic E-state index is 0. The largest absolute Gasteiger partial charge is 4.00 e. The summed E-state index contributed by atoms with van der Waals surface area (Å²) in [6, 6.07) is 13.4. The number of hydrogen-bond donors (Lipinski definition) is 0. The van der Waals surface area contributed by atoms with Crippen LogP contribution < -0.4 is 24.8 Å². The summed E-state index contributed by atoms with van der Waals surface area (Å²) in [5.74, 6) is 0.313. The van der Waals surface area contributed by atoms with Gasteiger partial charge in [-0.2, -0.15) is 23.3 Å². The molecule has 2 unspecified atom stereocenters. The Hall–Kier alpha value is -1.28. The first-order chi connectivity index (χ1) is 13.3. The van der Waals surface area contributed by atoms with Crippen molar-refractivity contribution in [2.45, 2.75) is 27.7 Å². The van der Waals surface area contributed by atoms with Crippen LogP contribution in [0.2, 0.25) is 0 Å². The fraction of sp³-hybridized carbons (Fsp3) is 0.231. The van der Waals surface area contributed by atoms with Gasteiger partial charge in [-0.3, -0.25) is 12.2 Å². The van der Waals surface area contributed by atoms with Gasteiger partial charge in [0.2, 0.25) is 0 Å². The van der Waals surface area contributed by atoms with E-state index in [9.17, 15) is 8.78 Å². The van der Waals surface area contributed by atoms with E-state index in [1.54, 1.807) is 24.3 Å². The zero-order valence-electron chi connectivity index (χ0n) is 17.9. The topological polar surface area (TPSA) is 0 Å². The van der Waals surface area contributed by atoms with Gasteiger partial charge in [0.25, 0.3) is 0 Å². The molecule has 4 rings (SSSR count). The van der Waals surface area contributed by atoms with E-state index in [4.69, 9.17) is 0 Å². The monoisotopic (exact) mass is 534 g/mol. The van der Waals surface area contributed by atoms with E-state index in [0.29, 0.717) is 11.8 Å². The molecule has 2 aromatic carbocycles. The summed E-state index contributed by atoms with van der Waals surface area (Å²) < 4.78 is 26.0. The maximum atomic E-state index is 13.0. The Bertz CT molecular complexity index is 924. The molecule has 2 aliphatic rings. The van der Waals surface area contributed by atoms with Gasteiger partial charge in [-0.05, 0) is 24.3 Å². The molecule has 0 saturated carbocycles. The van der Waals surface area contributed by atoms with Gasteiger partial charge in [0.05, 0.1) is 0 Å². The Morgan fingerprint density at radius 2 is 1.03 bits per heavy atom. The van der Waals surface area contributed by atoms with Gasteiger partial charge in [0.1, 0.15) is 11.6 Å². The second-order valence-electron chi connectivity index (χ2n) is 7.30.